The highest BCUT2D eigenvalue weighted by atomic mass is 16.6. The van der Waals surface area contributed by atoms with Gasteiger partial charge in [0.2, 0.25) is 5.91 Å². The lowest BCUT2D eigenvalue weighted by Gasteiger charge is -2.23. The second kappa shape index (κ2) is 10.2. The normalized spacial score (nSPS) is 13.8. The summed E-state index contributed by atoms with van der Waals surface area (Å²) < 4.78 is 5.06. The Labute approximate surface area is 163 Å². The number of carboxylic acids is 1. The lowest BCUT2D eigenvalue weighted by Crippen LogP contribution is -2.46. The molecule has 0 aliphatic rings. The Bertz CT molecular complexity index is 795. The molecule has 7 nitrogen and oxygen atoms in total. The topological polar surface area (TPSA) is 105 Å². The van der Waals surface area contributed by atoms with E-state index in [1.54, 1.807) is 37.3 Å². The number of benzene rings is 2. The molecular weight excluding hydrogens is 360 g/mol. The van der Waals surface area contributed by atoms with Crippen LogP contribution >= 0.6 is 0 Å². The van der Waals surface area contributed by atoms with Crippen LogP contribution in [0.25, 0.3) is 0 Å². The molecule has 28 heavy (non-hydrogen) atoms. The minimum absolute atomic E-state index is 0.143. The Hall–Kier alpha value is -3.19. The molecule has 0 aliphatic carbocycles. The van der Waals surface area contributed by atoms with Crippen molar-refractivity contribution in [2.24, 2.45) is 0 Å². The molecule has 148 valence electrons. The van der Waals surface area contributed by atoms with E-state index in [1.807, 2.05) is 37.3 Å². The van der Waals surface area contributed by atoms with Crippen molar-refractivity contribution >= 4 is 17.8 Å². The van der Waals surface area contributed by atoms with E-state index in [0.717, 1.165) is 5.56 Å². The van der Waals surface area contributed by atoms with Gasteiger partial charge in [-0.1, -0.05) is 60.7 Å². The zero-order valence-electron chi connectivity index (χ0n) is 15.8. The number of ether oxygens (including phenoxy) is 1. The third-order valence-corrected chi connectivity index (χ3v) is 4.26. The van der Waals surface area contributed by atoms with Crippen LogP contribution in [0.15, 0.2) is 60.7 Å². The predicted molar refractivity (Wildman–Crippen MR) is 103 cm³/mol. The van der Waals surface area contributed by atoms with Crippen LogP contribution in [0.1, 0.15) is 37.0 Å². The summed E-state index contributed by atoms with van der Waals surface area (Å²) in [4.78, 5) is 34.7. The third-order valence-electron chi connectivity index (χ3n) is 4.26. The zero-order valence-corrected chi connectivity index (χ0v) is 15.8. The number of hydrogen-bond donors (Lipinski definition) is 3. The number of esters is 1. The lowest BCUT2D eigenvalue weighted by atomic mass is 10.0. The Morgan fingerprint density at radius 2 is 1.46 bits per heavy atom. The molecule has 0 aliphatic heterocycles. The summed E-state index contributed by atoms with van der Waals surface area (Å²) >= 11 is 0. The van der Waals surface area contributed by atoms with Gasteiger partial charge in [0, 0.05) is 6.54 Å². The molecule has 2 aromatic rings. The van der Waals surface area contributed by atoms with E-state index < -0.39 is 24.2 Å². The van der Waals surface area contributed by atoms with Crippen molar-refractivity contribution in [1.82, 2.24) is 10.6 Å². The lowest BCUT2D eigenvalue weighted by molar-refractivity contribution is -0.167. The monoisotopic (exact) mass is 384 g/mol. The fourth-order valence-electron chi connectivity index (χ4n) is 2.64. The molecule has 3 atom stereocenters. The molecule has 1 amide bonds. The Balaban J connectivity index is 1.95. The van der Waals surface area contributed by atoms with Gasteiger partial charge in [-0.3, -0.25) is 10.1 Å². The molecule has 0 aromatic heterocycles. The Kier molecular flexibility index (Phi) is 7.71. The first-order chi connectivity index (χ1) is 13.4. The largest absolute Gasteiger partial charge is 0.473 e. The van der Waals surface area contributed by atoms with Crippen molar-refractivity contribution in [1.29, 1.82) is 0 Å². The minimum Gasteiger partial charge on any atom is -0.473 e. The van der Waals surface area contributed by atoms with E-state index >= 15 is 0 Å². The summed E-state index contributed by atoms with van der Waals surface area (Å²) in [5, 5.41) is 14.7. The van der Waals surface area contributed by atoms with Crippen molar-refractivity contribution in [3.05, 3.63) is 71.8 Å². The maximum atomic E-state index is 12.4. The summed E-state index contributed by atoms with van der Waals surface area (Å²) in [5.41, 5.74) is 1.56. The molecule has 0 saturated heterocycles. The molecule has 0 radical (unpaired) electrons. The highest BCUT2D eigenvalue weighted by Gasteiger charge is 2.23. The van der Waals surface area contributed by atoms with E-state index in [-0.39, 0.29) is 18.4 Å². The molecule has 0 fully saturated rings. The first kappa shape index (κ1) is 21.1. The standard InChI is InChI=1S/C21H24N2O5/c1-14(16-9-5-3-6-10-16)19(24)23-15(2)22-13-18(28-21(27)20(25)26)17-11-7-4-8-12-17/h3-12,14-15,18,22H,13H2,1-2H3,(H,23,24)(H,25,26). The molecule has 3 unspecified atom stereocenters. The molecule has 0 heterocycles. The average Bonchev–Trinajstić information content (AvgIpc) is 2.71. The van der Waals surface area contributed by atoms with Crippen molar-refractivity contribution in [3.8, 4) is 0 Å². The maximum absolute atomic E-state index is 12.4. The number of aliphatic carboxylic acids is 1. The van der Waals surface area contributed by atoms with Crippen LogP contribution in [-0.2, 0) is 19.1 Å². The molecule has 0 saturated carbocycles. The number of rotatable bonds is 8. The molecule has 2 aromatic carbocycles. The fraction of sp³-hybridized carbons (Fsp3) is 0.286. The van der Waals surface area contributed by atoms with Crippen LogP contribution in [-0.4, -0.2) is 35.7 Å². The Morgan fingerprint density at radius 3 is 2.00 bits per heavy atom. The van der Waals surface area contributed by atoms with Crippen molar-refractivity contribution in [2.45, 2.75) is 32.0 Å². The van der Waals surface area contributed by atoms with Gasteiger partial charge in [-0.05, 0) is 25.0 Å². The Morgan fingerprint density at radius 1 is 0.929 bits per heavy atom. The first-order valence-electron chi connectivity index (χ1n) is 8.96. The van der Waals surface area contributed by atoms with Crippen LogP contribution < -0.4 is 10.6 Å². The number of carboxylic acid groups (broad SMARTS) is 1. The molecule has 2 rings (SSSR count). The number of carbonyl (C=O) groups is 3. The first-order valence-corrected chi connectivity index (χ1v) is 8.96. The SMILES string of the molecule is CC(NCC(OC(=O)C(=O)O)c1ccccc1)NC(=O)C(C)c1ccccc1. The smallest absolute Gasteiger partial charge is 0.417 e. The summed E-state index contributed by atoms with van der Waals surface area (Å²) in [6.07, 6.45) is -1.20. The van der Waals surface area contributed by atoms with Crippen LogP contribution in [0.5, 0.6) is 0 Å². The zero-order chi connectivity index (χ0) is 20.5. The van der Waals surface area contributed by atoms with Gasteiger partial charge in [0.05, 0.1) is 12.1 Å². The number of amides is 1. The minimum atomic E-state index is -1.65. The predicted octanol–water partition coefficient (Wildman–Crippen LogP) is 2.21. The van der Waals surface area contributed by atoms with Crippen LogP contribution in [0, 0.1) is 0 Å². The van der Waals surface area contributed by atoms with Gasteiger partial charge in [-0.25, -0.2) is 9.59 Å². The van der Waals surface area contributed by atoms with Gasteiger partial charge in [0.15, 0.2) is 0 Å². The molecule has 0 bridgehead atoms. The van der Waals surface area contributed by atoms with E-state index in [9.17, 15) is 14.4 Å². The van der Waals surface area contributed by atoms with Gasteiger partial charge < -0.3 is 15.2 Å². The van der Waals surface area contributed by atoms with Crippen LogP contribution in [0.4, 0.5) is 0 Å². The third kappa shape index (κ3) is 6.21. The van der Waals surface area contributed by atoms with Crippen molar-refractivity contribution in [2.75, 3.05) is 6.54 Å². The van der Waals surface area contributed by atoms with E-state index in [0.29, 0.717) is 5.56 Å². The van der Waals surface area contributed by atoms with Gasteiger partial charge in [0.1, 0.15) is 6.10 Å². The quantitative estimate of drug-likeness (QED) is 0.366. The van der Waals surface area contributed by atoms with Gasteiger partial charge in [-0.2, -0.15) is 0 Å². The van der Waals surface area contributed by atoms with Gasteiger partial charge in [-0.15, -0.1) is 0 Å². The molecule has 7 heteroatoms. The van der Waals surface area contributed by atoms with Gasteiger partial charge in [0.25, 0.3) is 0 Å². The summed E-state index contributed by atoms with van der Waals surface area (Å²) in [7, 11) is 0. The van der Waals surface area contributed by atoms with Crippen molar-refractivity contribution in [3.63, 3.8) is 0 Å². The number of carbonyl (C=O) groups excluding carboxylic acids is 2. The molecule has 0 spiro atoms. The maximum Gasteiger partial charge on any atom is 0.417 e. The number of hydrogen-bond acceptors (Lipinski definition) is 5. The van der Waals surface area contributed by atoms with E-state index in [1.165, 1.54) is 0 Å². The summed E-state index contributed by atoms with van der Waals surface area (Å²) in [6.45, 7) is 3.72. The summed E-state index contributed by atoms with van der Waals surface area (Å²) in [6, 6.07) is 18.2. The second-order valence-electron chi connectivity index (χ2n) is 6.38. The average molecular weight is 384 g/mol. The highest BCUT2D eigenvalue weighted by molar-refractivity contribution is 6.28. The van der Waals surface area contributed by atoms with Crippen molar-refractivity contribution < 1.29 is 24.2 Å². The fourth-order valence-corrected chi connectivity index (χ4v) is 2.64. The van der Waals surface area contributed by atoms with Crippen LogP contribution in [0.2, 0.25) is 0 Å². The van der Waals surface area contributed by atoms with E-state index in [2.05, 4.69) is 10.6 Å². The van der Waals surface area contributed by atoms with Crippen LogP contribution in [0.3, 0.4) is 0 Å². The van der Waals surface area contributed by atoms with E-state index in [4.69, 9.17) is 9.84 Å². The number of nitrogens with one attached hydrogen (secondary N) is 2. The molecule has 3 N–H and O–H groups in total. The second-order valence-corrected chi connectivity index (χ2v) is 6.38. The highest BCUT2D eigenvalue weighted by Crippen LogP contribution is 2.17. The molecular formula is C21H24N2O5. The summed E-state index contributed by atoms with van der Waals surface area (Å²) in [5.74, 6) is -3.45. The van der Waals surface area contributed by atoms with Gasteiger partial charge >= 0.3 is 11.9 Å².